The zero-order valence-electron chi connectivity index (χ0n) is 17.2. The lowest BCUT2D eigenvalue weighted by molar-refractivity contribution is -0.121. The van der Waals surface area contributed by atoms with Crippen LogP contribution in [0, 0.1) is 6.92 Å². The fourth-order valence-electron chi connectivity index (χ4n) is 2.72. The first kappa shape index (κ1) is 21.6. The summed E-state index contributed by atoms with van der Waals surface area (Å²) < 4.78 is 16.2. The number of hydrogen-bond acceptors (Lipinski definition) is 5. The molecule has 0 fully saturated rings. The maximum Gasteiger partial charge on any atom is 0.234 e. The van der Waals surface area contributed by atoms with E-state index in [9.17, 15) is 4.79 Å². The van der Waals surface area contributed by atoms with Gasteiger partial charge in [0, 0.05) is 13.1 Å². The van der Waals surface area contributed by atoms with Crippen molar-refractivity contribution >= 4 is 5.91 Å². The van der Waals surface area contributed by atoms with Crippen molar-refractivity contribution in [3.63, 3.8) is 0 Å². The monoisotopic (exact) mass is 386 g/mol. The van der Waals surface area contributed by atoms with Crippen LogP contribution in [0.25, 0.3) is 0 Å². The molecular weight excluding hydrogens is 356 g/mol. The second-order valence-electron chi connectivity index (χ2n) is 6.69. The Kier molecular flexibility index (Phi) is 8.62. The van der Waals surface area contributed by atoms with Gasteiger partial charge >= 0.3 is 0 Å². The van der Waals surface area contributed by atoms with E-state index in [0.29, 0.717) is 37.7 Å². The minimum absolute atomic E-state index is 0.00156. The van der Waals surface area contributed by atoms with E-state index in [-0.39, 0.29) is 5.91 Å². The van der Waals surface area contributed by atoms with Crippen LogP contribution in [0.15, 0.2) is 42.5 Å². The van der Waals surface area contributed by atoms with Gasteiger partial charge in [0.1, 0.15) is 12.4 Å². The SMILES string of the molecule is COc1ccc(CCNC(=O)CN(C)CCOc2ccc(C)cc2)cc1OC. The van der Waals surface area contributed by atoms with Gasteiger partial charge < -0.3 is 19.5 Å². The number of nitrogens with one attached hydrogen (secondary N) is 1. The third-order valence-corrected chi connectivity index (χ3v) is 4.36. The van der Waals surface area contributed by atoms with Crippen molar-refractivity contribution in [3.8, 4) is 17.2 Å². The normalized spacial score (nSPS) is 10.6. The molecule has 0 aliphatic heterocycles. The number of carbonyl (C=O) groups is 1. The molecule has 1 N–H and O–H groups in total. The van der Waals surface area contributed by atoms with E-state index in [1.54, 1.807) is 14.2 Å². The van der Waals surface area contributed by atoms with Crippen LogP contribution < -0.4 is 19.5 Å². The van der Waals surface area contributed by atoms with Gasteiger partial charge in [-0.05, 0) is 50.2 Å². The third-order valence-electron chi connectivity index (χ3n) is 4.36. The van der Waals surface area contributed by atoms with Gasteiger partial charge in [0.15, 0.2) is 11.5 Å². The minimum atomic E-state index is -0.00156. The zero-order chi connectivity index (χ0) is 20.4. The number of aryl methyl sites for hydroxylation is 1. The minimum Gasteiger partial charge on any atom is -0.493 e. The van der Waals surface area contributed by atoms with Crippen molar-refractivity contribution in [2.75, 3.05) is 47.5 Å². The molecule has 6 heteroatoms. The number of ether oxygens (including phenoxy) is 3. The summed E-state index contributed by atoms with van der Waals surface area (Å²) in [6.07, 6.45) is 0.729. The Balaban J connectivity index is 1.65. The summed E-state index contributed by atoms with van der Waals surface area (Å²) in [5.41, 5.74) is 2.28. The van der Waals surface area contributed by atoms with E-state index >= 15 is 0 Å². The lowest BCUT2D eigenvalue weighted by Crippen LogP contribution is -2.37. The van der Waals surface area contributed by atoms with Crippen molar-refractivity contribution in [1.29, 1.82) is 0 Å². The third kappa shape index (κ3) is 7.12. The summed E-state index contributed by atoms with van der Waals surface area (Å²) in [6.45, 7) is 4.17. The van der Waals surface area contributed by atoms with E-state index in [0.717, 1.165) is 17.7 Å². The molecule has 152 valence electrons. The Bertz CT molecular complexity index is 747. The van der Waals surface area contributed by atoms with Crippen LogP contribution in [0.2, 0.25) is 0 Å². The van der Waals surface area contributed by atoms with Crippen molar-refractivity contribution in [3.05, 3.63) is 53.6 Å². The molecule has 1 amide bonds. The molecule has 0 heterocycles. The van der Waals surface area contributed by atoms with E-state index in [1.165, 1.54) is 5.56 Å². The summed E-state index contributed by atoms with van der Waals surface area (Å²) in [5.74, 6) is 2.24. The van der Waals surface area contributed by atoms with Crippen molar-refractivity contribution in [2.45, 2.75) is 13.3 Å². The smallest absolute Gasteiger partial charge is 0.234 e. The van der Waals surface area contributed by atoms with Crippen molar-refractivity contribution < 1.29 is 19.0 Å². The lowest BCUT2D eigenvalue weighted by atomic mass is 10.1. The standard InChI is InChI=1S/C22H30N2O4/c1-17-5-8-19(9-6-17)28-14-13-24(2)16-22(25)23-12-11-18-7-10-20(26-3)21(15-18)27-4/h5-10,15H,11-14,16H2,1-4H3,(H,23,25). The second-order valence-corrected chi connectivity index (χ2v) is 6.69. The molecule has 0 bridgehead atoms. The van der Waals surface area contributed by atoms with Crippen LogP contribution in [-0.4, -0.2) is 58.3 Å². The van der Waals surface area contributed by atoms with E-state index < -0.39 is 0 Å². The highest BCUT2D eigenvalue weighted by Crippen LogP contribution is 2.27. The summed E-state index contributed by atoms with van der Waals surface area (Å²) in [6, 6.07) is 13.7. The highest BCUT2D eigenvalue weighted by molar-refractivity contribution is 5.77. The fraction of sp³-hybridized carbons (Fsp3) is 0.409. The summed E-state index contributed by atoms with van der Waals surface area (Å²) >= 11 is 0. The van der Waals surface area contributed by atoms with Crippen LogP contribution in [0.4, 0.5) is 0 Å². The fourth-order valence-corrected chi connectivity index (χ4v) is 2.72. The Morgan fingerprint density at radius 2 is 1.75 bits per heavy atom. The molecule has 0 atom stereocenters. The predicted molar refractivity (Wildman–Crippen MR) is 110 cm³/mol. The number of nitrogens with zero attached hydrogens (tertiary/aromatic N) is 1. The molecule has 6 nitrogen and oxygen atoms in total. The van der Waals surface area contributed by atoms with Crippen LogP contribution in [0.5, 0.6) is 17.2 Å². The lowest BCUT2D eigenvalue weighted by Gasteiger charge is -2.17. The van der Waals surface area contributed by atoms with Crippen molar-refractivity contribution in [2.24, 2.45) is 0 Å². The van der Waals surface area contributed by atoms with Gasteiger partial charge in [-0.2, -0.15) is 0 Å². The van der Waals surface area contributed by atoms with Gasteiger partial charge in [0.2, 0.25) is 5.91 Å². The van der Waals surface area contributed by atoms with Crippen molar-refractivity contribution in [1.82, 2.24) is 10.2 Å². The first-order valence-electron chi connectivity index (χ1n) is 9.37. The van der Waals surface area contributed by atoms with Gasteiger partial charge in [-0.15, -0.1) is 0 Å². The quantitative estimate of drug-likeness (QED) is 0.643. The number of benzene rings is 2. The van der Waals surface area contributed by atoms with Crippen LogP contribution >= 0.6 is 0 Å². The number of methoxy groups -OCH3 is 2. The number of amides is 1. The zero-order valence-corrected chi connectivity index (χ0v) is 17.2. The summed E-state index contributed by atoms with van der Waals surface area (Å²) in [5, 5.41) is 2.95. The number of carbonyl (C=O) groups excluding carboxylic acids is 1. The number of hydrogen-bond donors (Lipinski definition) is 1. The highest BCUT2D eigenvalue weighted by atomic mass is 16.5. The highest BCUT2D eigenvalue weighted by Gasteiger charge is 2.08. The van der Waals surface area contributed by atoms with E-state index in [2.05, 4.69) is 5.32 Å². The predicted octanol–water partition coefficient (Wildman–Crippen LogP) is 2.68. The first-order valence-corrected chi connectivity index (χ1v) is 9.37. The van der Waals surface area contributed by atoms with E-state index in [1.807, 2.05) is 61.3 Å². The average molecular weight is 386 g/mol. The van der Waals surface area contributed by atoms with Gasteiger partial charge in [0.05, 0.1) is 20.8 Å². The maximum atomic E-state index is 12.1. The molecule has 0 saturated heterocycles. The Morgan fingerprint density at radius 3 is 2.43 bits per heavy atom. The topological polar surface area (TPSA) is 60.0 Å². The molecule has 2 aromatic rings. The molecule has 0 spiro atoms. The molecule has 28 heavy (non-hydrogen) atoms. The molecule has 0 aliphatic carbocycles. The Labute approximate surface area is 167 Å². The molecule has 2 rings (SSSR count). The summed E-state index contributed by atoms with van der Waals surface area (Å²) in [4.78, 5) is 14.0. The Hall–Kier alpha value is -2.73. The molecule has 2 aromatic carbocycles. The van der Waals surface area contributed by atoms with E-state index in [4.69, 9.17) is 14.2 Å². The van der Waals surface area contributed by atoms with Gasteiger partial charge in [-0.3, -0.25) is 9.69 Å². The van der Waals surface area contributed by atoms with Crippen LogP contribution in [0.3, 0.4) is 0 Å². The van der Waals surface area contributed by atoms with Gasteiger partial charge in [-0.25, -0.2) is 0 Å². The maximum absolute atomic E-state index is 12.1. The molecule has 0 saturated carbocycles. The number of likely N-dealkylation sites (N-methyl/N-ethyl adjacent to an activating group) is 1. The average Bonchev–Trinajstić information content (AvgIpc) is 2.69. The van der Waals surface area contributed by atoms with Crippen LogP contribution in [-0.2, 0) is 11.2 Å². The summed E-state index contributed by atoms with van der Waals surface area (Å²) in [7, 11) is 5.13. The largest absolute Gasteiger partial charge is 0.493 e. The van der Waals surface area contributed by atoms with Gasteiger partial charge in [0.25, 0.3) is 0 Å². The molecule has 0 radical (unpaired) electrons. The molecule has 0 aromatic heterocycles. The molecule has 0 unspecified atom stereocenters. The first-order chi connectivity index (χ1) is 13.5. The van der Waals surface area contributed by atoms with Crippen LogP contribution in [0.1, 0.15) is 11.1 Å². The van der Waals surface area contributed by atoms with Gasteiger partial charge in [-0.1, -0.05) is 23.8 Å². The molecule has 0 aliphatic rings. The second kappa shape index (κ2) is 11.2. The number of rotatable bonds is 11. The molecular formula is C22H30N2O4. The Morgan fingerprint density at radius 1 is 1.04 bits per heavy atom.